The van der Waals surface area contributed by atoms with E-state index in [1.165, 1.54) is 0 Å². The van der Waals surface area contributed by atoms with Gasteiger partial charge in [-0.3, -0.25) is 4.79 Å². The Bertz CT molecular complexity index is 873. The molecule has 0 saturated carbocycles. The number of aromatic nitrogens is 3. The molecule has 0 aliphatic rings. The molecule has 0 bridgehead atoms. The molecule has 1 N–H and O–H groups in total. The SMILES string of the molecule is Cc1nc(C)n(C[C@@H](O)COc2ccc(C(=O)c3ccccc3)cc2)n1. The molecule has 2 aromatic carbocycles. The Labute approximate surface area is 152 Å². The maximum absolute atomic E-state index is 12.4. The normalized spacial score (nSPS) is 12.0. The fourth-order valence-electron chi connectivity index (χ4n) is 2.64. The fraction of sp³-hybridized carbons (Fsp3) is 0.250. The monoisotopic (exact) mass is 351 g/mol. The Morgan fingerprint density at radius 2 is 1.73 bits per heavy atom. The molecule has 0 spiro atoms. The number of ketones is 1. The lowest BCUT2D eigenvalue weighted by Gasteiger charge is -2.13. The Hall–Kier alpha value is -2.99. The summed E-state index contributed by atoms with van der Waals surface area (Å²) in [6, 6.07) is 16.0. The molecule has 0 radical (unpaired) electrons. The van der Waals surface area contributed by atoms with Gasteiger partial charge in [0.1, 0.15) is 30.1 Å². The van der Waals surface area contributed by atoms with Crippen LogP contribution >= 0.6 is 0 Å². The Morgan fingerprint density at radius 3 is 2.35 bits per heavy atom. The molecule has 0 saturated heterocycles. The van der Waals surface area contributed by atoms with Crippen LogP contribution in [0.4, 0.5) is 0 Å². The van der Waals surface area contributed by atoms with E-state index in [0.29, 0.717) is 29.2 Å². The summed E-state index contributed by atoms with van der Waals surface area (Å²) in [4.78, 5) is 16.6. The van der Waals surface area contributed by atoms with Crippen molar-refractivity contribution in [2.24, 2.45) is 0 Å². The zero-order chi connectivity index (χ0) is 18.5. The number of nitrogens with zero attached hydrogens (tertiary/aromatic N) is 3. The van der Waals surface area contributed by atoms with Crippen molar-refractivity contribution in [3.05, 3.63) is 77.4 Å². The third-order valence-electron chi connectivity index (χ3n) is 3.94. The molecule has 0 fully saturated rings. The lowest BCUT2D eigenvalue weighted by Crippen LogP contribution is -2.24. The molecule has 0 unspecified atom stereocenters. The molecule has 3 rings (SSSR count). The maximum Gasteiger partial charge on any atom is 0.193 e. The predicted molar refractivity (Wildman–Crippen MR) is 97.3 cm³/mol. The van der Waals surface area contributed by atoms with Crippen LogP contribution in [0.15, 0.2) is 54.6 Å². The number of benzene rings is 2. The zero-order valence-corrected chi connectivity index (χ0v) is 14.8. The van der Waals surface area contributed by atoms with E-state index in [-0.39, 0.29) is 12.4 Å². The van der Waals surface area contributed by atoms with E-state index in [1.807, 2.05) is 32.0 Å². The topological polar surface area (TPSA) is 77.2 Å². The highest BCUT2D eigenvalue weighted by atomic mass is 16.5. The molecule has 134 valence electrons. The number of aryl methyl sites for hydroxylation is 2. The van der Waals surface area contributed by atoms with Gasteiger partial charge in [0.2, 0.25) is 0 Å². The maximum atomic E-state index is 12.4. The lowest BCUT2D eigenvalue weighted by atomic mass is 10.0. The molecule has 6 heteroatoms. The standard InChI is InChI=1S/C20H21N3O3/c1-14-21-15(2)23(22-14)12-18(24)13-26-19-10-8-17(9-11-19)20(25)16-6-4-3-5-7-16/h3-11,18,24H,12-13H2,1-2H3/t18-/m1/s1. The first-order chi connectivity index (χ1) is 12.5. The number of aliphatic hydroxyl groups is 1. The fourth-order valence-corrected chi connectivity index (χ4v) is 2.64. The zero-order valence-electron chi connectivity index (χ0n) is 14.8. The summed E-state index contributed by atoms with van der Waals surface area (Å²) in [6.07, 6.45) is -0.708. The second-order valence-corrected chi connectivity index (χ2v) is 6.07. The summed E-state index contributed by atoms with van der Waals surface area (Å²) in [5.41, 5.74) is 1.24. The van der Waals surface area contributed by atoms with E-state index in [2.05, 4.69) is 10.1 Å². The Kier molecular flexibility index (Phi) is 5.43. The first-order valence-corrected chi connectivity index (χ1v) is 8.41. The smallest absolute Gasteiger partial charge is 0.193 e. The van der Waals surface area contributed by atoms with Gasteiger partial charge in [-0.1, -0.05) is 30.3 Å². The van der Waals surface area contributed by atoms with E-state index in [1.54, 1.807) is 41.1 Å². The van der Waals surface area contributed by atoms with Gasteiger partial charge in [-0.2, -0.15) is 5.10 Å². The second-order valence-electron chi connectivity index (χ2n) is 6.07. The van der Waals surface area contributed by atoms with E-state index < -0.39 is 6.10 Å². The molecular formula is C20H21N3O3. The minimum absolute atomic E-state index is 0.0331. The van der Waals surface area contributed by atoms with Crippen LogP contribution in [0.2, 0.25) is 0 Å². The van der Waals surface area contributed by atoms with Crippen molar-refractivity contribution >= 4 is 5.78 Å². The molecule has 26 heavy (non-hydrogen) atoms. The first kappa shape index (κ1) is 17.8. The average molecular weight is 351 g/mol. The average Bonchev–Trinajstić information content (AvgIpc) is 2.97. The van der Waals surface area contributed by atoms with Crippen molar-refractivity contribution in [3.8, 4) is 5.75 Å². The summed E-state index contributed by atoms with van der Waals surface area (Å²) in [5.74, 6) is 1.99. The van der Waals surface area contributed by atoms with Crippen LogP contribution in [0.5, 0.6) is 5.75 Å². The van der Waals surface area contributed by atoms with Gasteiger partial charge in [0, 0.05) is 11.1 Å². The quantitative estimate of drug-likeness (QED) is 0.662. The number of aliphatic hydroxyl groups excluding tert-OH is 1. The van der Waals surface area contributed by atoms with Crippen molar-refractivity contribution in [2.75, 3.05) is 6.61 Å². The van der Waals surface area contributed by atoms with Gasteiger partial charge in [0.25, 0.3) is 0 Å². The number of carbonyl (C=O) groups excluding carboxylic acids is 1. The van der Waals surface area contributed by atoms with Gasteiger partial charge in [0.05, 0.1) is 6.54 Å². The summed E-state index contributed by atoms with van der Waals surface area (Å²) >= 11 is 0. The largest absolute Gasteiger partial charge is 0.491 e. The summed E-state index contributed by atoms with van der Waals surface area (Å²) in [5, 5.41) is 14.3. The molecule has 3 aromatic rings. The molecule has 1 heterocycles. The number of carbonyl (C=O) groups is 1. The van der Waals surface area contributed by atoms with Crippen LogP contribution < -0.4 is 4.74 Å². The van der Waals surface area contributed by atoms with E-state index in [9.17, 15) is 9.90 Å². The van der Waals surface area contributed by atoms with E-state index >= 15 is 0 Å². The van der Waals surface area contributed by atoms with E-state index in [0.717, 1.165) is 5.82 Å². The van der Waals surface area contributed by atoms with Crippen LogP contribution in [0.25, 0.3) is 0 Å². The number of rotatable bonds is 7. The highest BCUT2D eigenvalue weighted by molar-refractivity contribution is 6.08. The van der Waals surface area contributed by atoms with Crippen molar-refractivity contribution in [2.45, 2.75) is 26.5 Å². The van der Waals surface area contributed by atoms with Crippen LogP contribution in [-0.4, -0.2) is 38.4 Å². The summed E-state index contributed by atoms with van der Waals surface area (Å²) < 4.78 is 7.26. The molecule has 6 nitrogen and oxygen atoms in total. The van der Waals surface area contributed by atoms with Crippen LogP contribution in [0, 0.1) is 13.8 Å². The molecule has 0 aliphatic heterocycles. The van der Waals surface area contributed by atoms with Crippen molar-refractivity contribution < 1.29 is 14.6 Å². The molecular weight excluding hydrogens is 330 g/mol. The van der Waals surface area contributed by atoms with Gasteiger partial charge in [-0.25, -0.2) is 9.67 Å². The molecule has 1 atom stereocenters. The highest BCUT2D eigenvalue weighted by Crippen LogP contribution is 2.16. The van der Waals surface area contributed by atoms with Gasteiger partial charge >= 0.3 is 0 Å². The Morgan fingerprint density at radius 1 is 1.08 bits per heavy atom. The first-order valence-electron chi connectivity index (χ1n) is 8.41. The molecule has 0 aliphatic carbocycles. The second kappa shape index (κ2) is 7.93. The molecule has 1 aromatic heterocycles. The van der Waals surface area contributed by atoms with Crippen LogP contribution in [-0.2, 0) is 6.54 Å². The Balaban J connectivity index is 1.56. The van der Waals surface area contributed by atoms with Crippen LogP contribution in [0.3, 0.4) is 0 Å². The highest BCUT2D eigenvalue weighted by Gasteiger charge is 2.12. The summed E-state index contributed by atoms with van der Waals surface area (Å²) in [7, 11) is 0. The third kappa shape index (κ3) is 4.34. The van der Waals surface area contributed by atoms with Crippen molar-refractivity contribution in [3.63, 3.8) is 0 Å². The minimum atomic E-state index is -0.708. The van der Waals surface area contributed by atoms with Gasteiger partial charge in [-0.15, -0.1) is 0 Å². The number of ether oxygens (including phenoxy) is 1. The van der Waals surface area contributed by atoms with Crippen molar-refractivity contribution in [1.29, 1.82) is 0 Å². The van der Waals surface area contributed by atoms with Gasteiger partial charge < -0.3 is 9.84 Å². The van der Waals surface area contributed by atoms with Crippen LogP contribution in [0.1, 0.15) is 27.6 Å². The van der Waals surface area contributed by atoms with Gasteiger partial charge in [-0.05, 0) is 38.1 Å². The van der Waals surface area contributed by atoms with Gasteiger partial charge in [0.15, 0.2) is 5.78 Å². The number of hydrogen-bond donors (Lipinski definition) is 1. The number of hydrogen-bond acceptors (Lipinski definition) is 5. The van der Waals surface area contributed by atoms with E-state index in [4.69, 9.17) is 4.74 Å². The summed E-state index contributed by atoms with van der Waals surface area (Å²) in [6.45, 7) is 4.10. The minimum Gasteiger partial charge on any atom is -0.491 e. The third-order valence-corrected chi connectivity index (χ3v) is 3.94. The lowest BCUT2D eigenvalue weighted by molar-refractivity contribution is 0.0885. The predicted octanol–water partition coefficient (Wildman–Crippen LogP) is 2.57. The molecule has 0 amide bonds. The van der Waals surface area contributed by atoms with Crippen molar-refractivity contribution in [1.82, 2.24) is 14.8 Å².